The maximum absolute atomic E-state index is 12.2. The highest BCUT2D eigenvalue weighted by atomic mass is 16.5. The van der Waals surface area contributed by atoms with E-state index in [4.69, 9.17) is 0 Å². The number of amides is 1. The monoisotopic (exact) mass is 313 g/mol. The molecule has 2 rings (SSSR count). The van der Waals surface area contributed by atoms with Crippen molar-refractivity contribution in [3.63, 3.8) is 0 Å². The van der Waals surface area contributed by atoms with E-state index in [1.165, 1.54) is 7.11 Å². The van der Waals surface area contributed by atoms with Gasteiger partial charge in [0.15, 0.2) is 0 Å². The molecule has 1 aromatic carbocycles. The van der Waals surface area contributed by atoms with Gasteiger partial charge < -0.3 is 15.4 Å². The second-order valence-electron chi connectivity index (χ2n) is 5.25. The Hall–Kier alpha value is -2.89. The van der Waals surface area contributed by atoms with Crippen LogP contribution < -0.4 is 10.6 Å². The van der Waals surface area contributed by atoms with Gasteiger partial charge in [-0.3, -0.25) is 9.78 Å². The predicted octanol–water partition coefficient (Wildman–Crippen LogP) is 2.94. The van der Waals surface area contributed by atoms with Gasteiger partial charge in [-0.1, -0.05) is 0 Å². The number of esters is 1. The Bertz CT molecular complexity index is 696. The highest BCUT2D eigenvalue weighted by Gasteiger charge is 2.10. The largest absolute Gasteiger partial charge is 0.465 e. The first-order valence-corrected chi connectivity index (χ1v) is 7.22. The summed E-state index contributed by atoms with van der Waals surface area (Å²) >= 11 is 0. The van der Waals surface area contributed by atoms with Crippen LogP contribution in [0.3, 0.4) is 0 Å². The molecule has 1 aromatic heterocycles. The van der Waals surface area contributed by atoms with E-state index >= 15 is 0 Å². The summed E-state index contributed by atoms with van der Waals surface area (Å²) in [6, 6.07) is 10.2. The Labute approximate surface area is 134 Å². The molecule has 1 heterocycles. The van der Waals surface area contributed by atoms with Crippen LogP contribution in [0.5, 0.6) is 0 Å². The molecule has 0 saturated carbocycles. The Morgan fingerprint density at radius 2 is 1.78 bits per heavy atom. The zero-order valence-corrected chi connectivity index (χ0v) is 13.3. The number of nitrogens with zero attached hydrogens (tertiary/aromatic N) is 1. The fraction of sp³-hybridized carbons (Fsp3) is 0.235. The molecule has 0 spiro atoms. The number of anilines is 2. The number of aromatic nitrogens is 1. The summed E-state index contributed by atoms with van der Waals surface area (Å²) in [5.74, 6) is -0.736. The molecule has 0 unspecified atom stereocenters. The van der Waals surface area contributed by atoms with Gasteiger partial charge in [-0.05, 0) is 50.2 Å². The third-order valence-corrected chi connectivity index (χ3v) is 3.01. The molecule has 23 heavy (non-hydrogen) atoms. The topological polar surface area (TPSA) is 80.3 Å². The molecule has 0 saturated heterocycles. The van der Waals surface area contributed by atoms with Crippen LogP contribution in [0.15, 0.2) is 42.6 Å². The molecular formula is C17H19N3O3. The molecule has 1 amide bonds. The summed E-state index contributed by atoms with van der Waals surface area (Å²) < 4.78 is 4.63. The van der Waals surface area contributed by atoms with E-state index in [9.17, 15) is 9.59 Å². The molecule has 0 aliphatic carbocycles. The number of benzene rings is 1. The second kappa shape index (κ2) is 7.40. The molecule has 0 radical (unpaired) electrons. The lowest BCUT2D eigenvalue weighted by Crippen LogP contribution is -2.15. The van der Waals surface area contributed by atoms with Gasteiger partial charge in [0.25, 0.3) is 5.91 Å². The van der Waals surface area contributed by atoms with E-state index in [-0.39, 0.29) is 11.9 Å². The molecule has 2 aromatic rings. The quantitative estimate of drug-likeness (QED) is 0.830. The molecule has 0 aliphatic rings. The lowest BCUT2D eigenvalue weighted by atomic mass is 10.2. The van der Waals surface area contributed by atoms with Crippen molar-refractivity contribution >= 4 is 23.3 Å². The van der Waals surface area contributed by atoms with Gasteiger partial charge in [0.05, 0.1) is 12.7 Å². The van der Waals surface area contributed by atoms with E-state index in [1.54, 1.807) is 36.5 Å². The number of rotatable bonds is 5. The normalized spacial score (nSPS) is 10.3. The third kappa shape index (κ3) is 4.54. The number of methoxy groups -OCH3 is 1. The van der Waals surface area contributed by atoms with Crippen molar-refractivity contribution in [3.05, 3.63) is 53.9 Å². The Morgan fingerprint density at radius 3 is 2.39 bits per heavy atom. The van der Waals surface area contributed by atoms with Gasteiger partial charge in [0, 0.05) is 23.6 Å². The summed E-state index contributed by atoms with van der Waals surface area (Å²) in [6.07, 6.45) is 1.58. The van der Waals surface area contributed by atoms with Crippen molar-refractivity contribution in [3.8, 4) is 0 Å². The summed E-state index contributed by atoms with van der Waals surface area (Å²) in [7, 11) is 1.32. The van der Waals surface area contributed by atoms with Crippen molar-refractivity contribution < 1.29 is 14.3 Å². The molecular weight excluding hydrogens is 294 g/mol. The number of ether oxygens (including phenoxy) is 1. The zero-order chi connectivity index (χ0) is 16.8. The lowest BCUT2D eigenvalue weighted by Gasteiger charge is -2.11. The van der Waals surface area contributed by atoms with Crippen LogP contribution in [0.4, 0.5) is 11.4 Å². The third-order valence-electron chi connectivity index (χ3n) is 3.01. The van der Waals surface area contributed by atoms with Crippen molar-refractivity contribution in [2.75, 3.05) is 17.7 Å². The standard InChI is InChI=1S/C17H19N3O3/c1-11(2)19-14-8-9-18-15(10-14)16(21)20-13-6-4-12(5-7-13)17(22)23-3/h4-11H,1-3H3,(H,18,19)(H,20,21). The highest BCUT2D eigenvalue weighted by molar-refractivity contribution is 6.03. The minimum atomic E-state index is -0.419. The molecule has 120 valence electrons. The highest BCUT2D eigenvalue weighted by Crippen LogP contribution is 2.14. The van der Waals surface area contributed by atoms with E-state index in [0.29, 0.717) is 16.9 Å². The number of carbonyl (C=O) groups excluding carboxylic acids is 2. The summed E-state index contributed by atoms with van der Waals surface area (Å²) in [5, 5.41) is 5.96. The fourth-order valence-corrected chi connectivity index (χ4v) is 1.98. The molecule has 0 aliphatic heterocycles. The Balaban J connectivity index is 2.08. The maximum atomic E-state index is 12.2. The van der Waals surface area contributed by atoms with Crippen molar-refractivity contribution in [1.29, 1.82) is 0 Å². The summed E-state index contributed by atoms with van der Waals surface area (Å²) in [5.41, 5.74) is 2.15. The second-order valence-corrected chi connectivity index (χ2v) is 5.25. The fourth-order valence-electron chi connectivity index (χ4n) is 1.98. The van der Waals surface area contributed by atoms with E-state index < -0.39 is 5.97 Å². The van der Waals surface area contributed by atoms with Crippen LogP contribution in [0.1, 0.15) is 34.7 Å². The molecule has 2 N–H and O–H groups in total. The van der Waals surface area contributed by atoms with Crippen LogP contribution in [0.25, 0.3) is 0 Å². The minimum absolute atomic E-state index is 0.263. The molecule has 0 bridgehead atoms. The SMILES string of the molecule is COC(=O)c1ccc(NC(=O)c2cc(NC(C)C)ccn2)cc1. The lowest BCUT2D eigenvalue weighted by molar-refractivity contribution is 0.0600. The van der Waals surface area contributed by atoms with E-state index in [0.717, 1.165) is 5.69 Å². The van der Waals surface area contributed by atoms with Gasteiger partial charge in [-0.15, -0.1) is 0 Å². The van der Waals surface area contributed by atoms with E-state index in [2.05, 4.69) is 20.4 Å². The average Bonchev–Trinajstić information content (AvgIpc) is 2.54. The predicted molar refractivity (Wildman–Crippen MR) is 88.7 cm³/mol. The zero-order valence-electron chi connectivity index (χ0n) is 13.3. The van der Waals surface area contributed by atoms with Gasteiger partial charge in [-0.25, -0.2) is 4.79 Å². The van der Waals surface area contributed by atoms with Crippen LogP contribution in [-0.4, -0.2) is 30.0 Å². The number of hydrogen-bond donors (Lipinski definition) is 2. The minimum Gasteiger partial charge on any atom is -0.465 e. The average molecular weight is 313 g/mol. The van der Waals surface area contributed by atoms with Crippen molar-refractivity contribution in [2.45, 2.75) is 19.9 Å². The first kappa shape index (κ1) is 16.5. The molecule has 6 nitrogen and oxygen atoms in total. The Kier molecular flexibility index (Phi) is 5.30. The van der Waals surface area contributed by atoms with Crippen LogP contribution in [0.2, 0.25) is 0 Å². The maximum Gasteiger partial charge on any atom is 0.337 e. The van der Waals surface area contributed by atoms with Crippen molar-refractivity contribution in [2.24, 2.45) is 0 Å². The van der Waals surface area contributed by atoms with Gasteiger partial charge in [0.1, 0.15) is 5.69 Å². The van der Waals surface area contributed by atoms with E-state index in [1.807, 2.05) is 19.9 Å². The first-order valence-electron chi connectivity index (χ1n) is 7.22. The summed E-state index contributed by atoms with van der Waals surface area (Å²) in [6.45, 7) is 4.03. The number of pyridine rings is 1. The smallest absolute Gasteiger partial charge is 0.337 e. The number of carbonyl (C=O) groups is 2. The molecule has 6 heteroatoms. The molecule has 0 atom stereocenters. The van der Waals surface area contributed by atoms with Crippen LogP contribution in [-0.2, 0) is 4.74 Å². The van der Waals surface area contributed by atoms with Gasteiger partial charge >= 0.3 is 5.97 Å². The Morgan fingerprint density at radius 1 is 1.09 bits per heavy atom. The van der Waals surface area contributed by atoms with Gasteiger partial charge in [-0.2, -0.15) is 0 Å². The molecule has 0 fully saturated rings. The van der Waals surface area contributed by atoms with Crippen LogP contribution in [0, 0.1) is 0 Å². The van der Waals surface area contributed by atoms with Crippen molar-refractivity contribution in [1.82, 2.24) is 4.98 Å². The van der Waals surface area contributed by atoms with Crippen LogP contribution >= 0.6 is 0 Å². The first-order chi connectivity index (χ1) is 11.0. The number of nitrogens with one attached hydrogen (secondary N) is 2. The summed E-state index contributed by atoms with van der Waals surface area (Å²) in [4.78, 5) is 27.7. The number of hydrogen-bond acceptors (Lipinski definition) is 5. The van der Waals surface area contributed by atoms with Gasteiger partial charge in [0.2, 0.25) is 0 Å².